The largest absolute Gasteiger partial charge is 0.487 e. The number of carbonyl (C=O) groups is 1. The molecule has 5 nitrogen and oxygen atoms in total. The van der Waals surface area contributed by atoms with Crippen molar-refractivity contribution in [2.24, 2.45) is 5.73 Å². The minimum atomic E-state index is -0.278. The second-order valence-electron chi connectivity index (χ2n) is 6.15. The van der Waals surface area contributed by atoms with Crippen LogP contribution in [0.2, 0.25) is 5.02 Å². The molecule has 1 heterocycles. The standard InChI is InChI=1S/C20H21ClN2O3.ClH/c1-13(22)10-11-23-20(24)19-15(14-6-2-4-8-17(14)26-19)12-25-18-9-5-3-7-16(18)21;/h2-9,13H,10-12,22H2,1H3,(H,23,24);1H. The third-order valence-corrected chi connectivity index (χ3v) is 4.31. The Hall–Kier alpha value is -2.21. The van der Waals surface area contributed by atoms with Gasteiger partial charge in [0, 0.05) is 23.5 Å². The maximum absolute atomic E-state index is 12.6. The average Bonchev–Trinajstić information content (AvgIpc) is 2.99. The highest BCUT2D eigenvalue weighted by Crippen LogP contribution is 2.29. The predicted octanol–water partition coefficient (Wildman–Crippen LogP) is 4.55. The van der Waals surface area contributed by atoms with Gasteiger partial charge in [0.1, 0.15) is 17.9 Å². The summed E-state index contributed by atoms with van der Waals surface area (Å²) in [5.74, 6) is 0.533. The van der Waals surface area contributed by atoms with Crippen LogP contribution >= 0.6 is 24.0 Å². The van der Waals surface area contributed by atoms with Crippen LogP contribution in [0.15, 0.2) is 52.9 Å². The van der Waals surface area contributed by atoms with Crippen molar-refractivity contribution in [1.82, 2.24) is 5.32 Å². The van der Waals surface area contributed by atoms with Gasteiger partial charge in [0.25, 0.3) is 5.91 Å². The molecule has 144 valence electrons. The zero-order chi connectivity index (χ0) is 18.5. The topological polar surface area (TPSA) is 77.5 Å². The SMILES string of the molecule is CC(N)CCNC(=O)c1oc2ccccc2c1COc1ccccc1Cl.Cl. The molecule has 3 aromatic rings. The first-order chi connectivity index (χ1) is 12.6. The minimum absolute atomic E-state index is 0. The number of fused-ring (bicyclic) bond motifs is 1. The molecular formula is C20H22Cl2N2O3. The Bertz CT molecular complexity index is 909. The van der Waals surface area contributed by atoms with Gasteiger partial charge in [0.05, 0.1) is 5.02 Å². The molecule has 0 spiro atoms. The number of para-hydroxylation sites is 2. The highest BCUT2D eigenvalue weighted by Gasteiger charge is 2.21. The minimum Gasteiger partial charge on any atom is -0.487 e. The van der Waals surface area contributed by atoms with Crippen LogP contribution < -0.4 is 15.8 Å². The van der Waals surface area contributed by atoms with Crippen LogP contribution in [-0.4, -0.2) is 18.5 Å². The Kier molecular flexibility index (Phi) is 7.54. The van der Waals surface area contributed by atoms with Crippen LogP contribution in [0.3, 0.4) is 0 Å². The molecule has 0 saturated carbocycles. The summed E-state index contributed by atoms with van der Waals surface area (Å²) < 4.78 is 11.6. The van der Waals surface area contributed by atoms with Crippen molar-refractivity contribution in [1.29, 1.82) is 0 Å². The summed E-state index contributed by atoms with van der Waals surface area (Å²) in [6.45, 7) is 2.56. The van der Waals surface area contributed by atoms with Crippen LogP contribution in [0.1, 0.15) is 29.5 Å². The second kappa shape index (κ2) is 9.65. The summed E-state index contributed by atoms with van der Waals surface area (Å²) in [4.78, 5) is 12.6. The van der Waals surface area contributed by atoms with Gasteiger partial charge in [-0.05, 0) is 31.5 Å². The molecular weight excluding hydrogens is 387 g/mol. The summed E-state index contributed by atoms with van der Waals surface area (Å²) in [5, 5.41) is 4.21. The van der Waals surface area contributed by atoms with E-state index in [0.29, 0.717) is 34.9 Å². The number of benzene rings is 2. The predicted molar refractivity (Wildman–Crippen MR) is 110 cm³/mol. The normalized spacial score (nSPS) is 11.7. The molecule has 3 rings (SSSR count). The maximum atomic E-state index is 12.6. The van der Waals surface area contributed by atoms with Crippen molar-refractivity contribution in [3.05, 3.63) is 64.9 Å². The fraction of sp³-hybridized carbons (Fsp3) is 0.250. The number of nitrogens with one attached hydrogen (secondary N) is 1. The summed E-state index contributed by atoms with van der Waals surface area (Å²) in [6.07, 6.45) is 0.692. The third kappa shape index (κ3) is 5.16. The number of hydrogen-bond donors (Lipinski definition) is 2. The highest BCUT2D eigenvalue weighted by atomic mass is 35.5. The molecule has 27 heavy (non-hydrogen) atoms. The summed E-state index contributed by atoms with van der Waals surface area (Å²) >= 11 is 6.14. The molecule has 0 aliphatic rings. The molecule has 2 aromatic carbocycles. The highest BCUT2D eigenvalue weighted by molar-refractivity contribution is 6.32. The van der Waals surface area contributed by atoms with Gasteiger partial charge in [-0.2, -0.15) is 0 Å². The monoisotopic (exact) mass is 408 g/mol. The lowest BCUT2D eigenvalue weighted by Gasteiger charge is -2.09. The number of amides is 1. The number of ether oxygens (including phenoxy) is 1. The summed E-state index contributed by atoms with van der Waals surface area (Å²) in [6, 6.07) is 14.7. The smallest absolute Gasteiger partial charge is 0.287 e. The van der Waals surface area contributed by atoms with Crippen LogP contribution in [0.25, 0.3) is 11.0 Å². The first-order valence-electron chi connectivity index (χ1n) is 8.47. The molecule has 1 aromatic heterocycles. The molecule has 1 amide bonds. The number of hydrogen-bond acceptors (Lipinski definition) is 4. The molecule has 1 unspecified atom stereocenters. The number of nitrogens with two attached hydrogens (primary N) is 1. The van der Waals surface area contributed by atoms with Crippen LogP contribution in [-0.2, 0) is 6.61 Å². The van der Waals surface area contributed by atoms with Gasteiger partial charge >= 0.3 is 0 Å². The molecule has 0 aliphatic heterocycles. The molecule has 1 atom stereocenters. The van der Waals surface area contributed by atoms with E-state index in [0.717, 1.165) is 5.39 Å². The van der Waals surface area contributed by atoms with Crippen molar-refractivity contribution < 1.29 is 13.9 Å². The fourth-order valence-electron chi connectivity index (χ4n) is 2.63. The molecule has 0 fully saturated rings. The zero-order valence-corrected chi connectivity index (χ0v) is 16.5. The van der Waals surface area contributed by atoms with Gasteiger partial charge in [-0.25, -0.2) is 0 Å². The molecule has 0 saturated heterocycles. The van der Waals surface area contributed by atoms with Gasteiger partial charge in [0.15, 0.2) is 5.76 Å². The van der Waals surface area contributed by atoms with E-state index in [1.165, 1.54) is 0 Å². The fourth-order valence-corrected chi connectivity index (χ4v) is 2.82. The number of rotatable bonds is 7. The van der Waals surface area contributed by atoms with Crippen molar-refractivity contribution in [3.63, 3.8) is 0 Å². The third-order valence-electron chi connectivity index (χ3n) is 4.00. The second-order valence-corrected chi connectivity index (χ2v) is 6.55. The Morgan fingerprint density at radius 3 is 2.67 bits per heavy atom. The van der Waals surface area contributed by atoms with Gasteiger partial charge in [0.2, 0.25) is 0 Å². The van der Waals surface area contributed by atoms with E-state index < -0.39 is 0 Å². The molecule has 7 heteroatoms. The number of halogens is 2. The van der Waals surface area contributed by atoms with Crippen molar-refractivity contribution in [2.75, 3.05) is 6.54 Å². The molecule has 0 aliphatic carbocycles. The zero-order valence-electron chi connectivity index (χ0n) is 14.9. The van der Waals surface area contributed by atoms with Crippen molar-refractivity contribution in [2.45, 2.75) is 26.0 Å². The number of furan rings is 1. The summed E-state index contributed by atoms with van der Waals surface area (Å²) in [7, 11) is 0. The Balaban J connectivity index is 0.00000261. The van der Waals surface area contributed by atoms with Gasteiger partial charge in [-0.15, -0.1) is 12.4 Å². The molecule has 3 N–H and O–H groups in total. The first kappa shape index (κ1) is 21.1. The van der Waals surface area contributed by atoms with E-state index >= 15 is 0 Å². The van der Waals surface area contributed by atoms with E-state index in [2.05, 4.69) is 5.32 Å². The van der Waals surface area contributed by atoms with E-state index in [1.807, 2.05) is 43.3 Å². The Morgan fingerprint density at radius 2 is 1.93 bits per heavy atom. The van der Waals surface area contributed by atoms with Gasteiger partial charge in [-0.1, -0.05) is 41.9 Å². The van der Waals surface area contributed by atoms with E-state index in [-0.39, 0.29) is 36.7 Å². The summed E-state index contributed by atoms with van der Waals surface area (Å²) in [5.41, 5.74) is 7.06. The number of carbonyl (C=O) groups excluding carboxylic acids is 1. The lowest BCUT2D eigenvalue weighted by atomic mass is 10.1. The van der Waals surface area contributed by atoms with Crippen LogP contribution in [0.5, 0.6) is 5.75 Å². The van der Waals surface area contributed by atoms with Crippen LogP contribution in [0, 0.1) is 0 Å². The van der Waals surface area contributed by atoms with Crippen molar-refractivity contribution in [3.8, 4) is 5.75 Å². The van der Waals surface area contributed by atoms with E-state index in [9.17, 15) is 4.79 Å². The maximum Gasteiger partial charge on any atom is 0.287 e. The van der Waals surface area contributed by atoms with E-state index in [4.69, 9.17) is 26.5 Å². The first-order valence-corrected chi connectivity index (χ1v) is 8.85. The van der Waals surface area contributed by atoms with Gasteiger partial charge in [-0.3, -0.25) is 4.79 Å². The average molecular weight is 409 g/mol. The Morgan fingerprint density at radius 1 is 1.22 bits per heavy atom. The van der Waals surface area contributed by atoms with Crippen molar-refractivity contribution >= 4 is 40.9 Å². The lowest BCUT2D eigenvalue weighted by molar-refractivity contribution is 0.0924. The quantitative estimate of drug-likeness (QED) is 0.600. The lowest BCUT2D eigenvalue weighted by Crippen LogP contribution is -2.29. The van der Waals surface area contributed by atoms with E-state index in [1.54, 1.807) is 12.1 Å². The Labute approximate surface area is 169 Å². The van der Waals surface area contributed by atoms with Gasteiger partial charge < -0.3 is 20.2 Å². The van der Waals surface area contributed by atoms with Crippen LogP contribution in [0.4, 0.5) is 0 Å². The molecule has 0 radical (unpaired) electrons. The molecule has 0 bridgehead atoms.